The standard InChI is InChI=1S/C25H20Cl2N4O4/c1-35-21-9-5-8-16-12-20(23(32)29-17-10-11-18(26)19(27)13-17)31(22(16)21)30-25(34)24(33)28-14-15-6-3-2-4-7-15/h2-13H,14H2,1H3,(H,28,33)(H,29,32)(H,30,34). The zero-order valence-corrected chi connectivity index (χ0v) is 20.0. The van der Waals surface area contributed by atoms with E-state index in [9.17, 15) is 14.4 Å². The zero-order valence-electron chi connectivity index (χ0n) is 18.5. The third kappa shape index (κ3) is 5.40. The van der Waals surface area contributed by atoms with Crippen molar-refractivity contribution >= 4 is 57.5 Å². The van der Waals surface area contributed by atoms with Crippen LogP contribution in [-0.2, 0) is 16.1 Å². The van der Waals surface area contributed by atoms with Gasteiger partial charge >= 0.3 is 11.8 Å². The quantitative estimate of drug-likeness (QED) is 0.330. The highest BCUT2D eigenvalue weighted by Crippen LogP contribution is 2.29. The number of hydrogen-bond acceptors (Lipinski definition) is 4. The normalized spacial score (nSPS) is 10.6. The van der Waals surface area contributed by atoms with Crippen LogP contribution in [0.3, 0.4) is 0 Å². The van der Waals surface area contributed by atoms with Crippen LogP contribution in [0, 0.1) is 0 Å². The van der Waals surface area contributed by atoms with E-state index in [-0.39, 0.29) is 17.3 Å². The van der Waals surface area contributed by atoms with Gasteiger partial charge in [0.15, 0.2) is 0 Å². The van der Waals surface area contributed by atoms with E-state index < -0.39 is 17.7 Å². The molecule has 10 heteroatoms. The van der Waals surface area contributed by atoms with Crippen LogP contribution in [-0.4, -0.2) is 29.5 Å². The summed E-state index contributed by atoms with van der Waals surface area (Å²) in [6.45, 7) is 0.174. The van der Waals surface area contributed by atoms with Gasteiger partial charge in [-0.05, 0) is 35.9 Å². The van der Waals surface area contributed by atoms with E-state index in [4.69, 9.17) is 27.9 Å². The van der Waals surface area contributed by atoms with E-state index in [2.05, 4.69) is 16.1 Å². The third-order valence-corrected chi connectivity index (χ3v) is 5.87. The Hall–Kier alpha value is -4.01. The largest absolute Gasteiger partial charge is 0.494 e. The van der Waals surface area contributed by atoms with Crippen molar-refractivity contribution in [2.24, 2.45) is 0 Å². The number of aromatic nitrogens is 1. The highest BCUT2D eigenvalue weighted by Gasteiger charge is 2.23. The Morgan fingerprint density at radius 2 is 1.66 bits per heavy atom. The van der Waals surface area contributed by atoms with Crippen LogP contribution < -0.4 is 20.8 Å². The van der Waals surface area contributed by atoms with Crippen LogP contribution in [0.2, 0.25) is 10.0 Å². The zero-order chi connectivity index (χ0) is 24.9. The Morgan fingerprint density at radius 1 is 0.886 bits per heavy atom. The molecule has 8 nitrogen and oxygen atoms in total. The predicted octanol–water partition coefficient (Wildman–Crippen LogP) is 4.60. The minimum atomic E-state index is -0.951. The fourth-order valence-corrected chi connectivity index (χ4v) is 3.75. The van der Waals surface area contributed by atoms with E-state index >= 15 is 0 Å². The number of hydrogen-bond donors (Lipinski definition) is 3. The third-order valence-electron chi connectivity index (χ3n) is 5.13. The van der Waals surface area contributed by atoms with Gasteiger partial charge in [0.2, 0.25) is 0 Å². The van der Waals surface area contributed by atoms with Crippen LogP contribution in [0.4, 0.5) is 5.69 Å². The van der Waals surface area contributed by atoms with E-state index in [1.807, 2.05) is 30.3 Å². The number of fused-ring (bicyclic) bond motifs is 1. The smallest absolute Gasteiger partial charge is 0.328 e. The van der Waals surface area contributed by atoms with Gasteiger partial charge in [-0.25, -0.2) is 4.68 Å². The number of ether oxygens (including phenoxy) is 1. The molecule has 1 aromatic heterocycles. The number of benzene rings is 3. The molecule has 0 fully saturated rings. The minimum Gasteiger partial charge on any atom is -0.494 e. The summed E-state index contributed by atoms with van der Waals surface area (Å²) in [5.74, 6) is -1.96. The molecule has 1 heterocycles. The molecule has 0 spiro atoms. The summed E-state index contributed by atoms with van der Waals surface area (Å²) in [7, 11) is 1.47. The molecule has 0 bridgehead atoms. The molecule has 4 rings (SSSR count). The van der Waals surface area contributed by atoms with Crippen LogP contribution in [0.1, 0.15) is 16.1 Å². The fourth-order valence-electron chi connectivity index (χ4n) is 3.46. The average molecular weight is 511 g/mol. The first-order valence-electron chi connectivity index (χ1n) is 10.5. The Morgan fingerprint density at radius 3 is 2.37 bits per heavy atom. The first-order valence-corrected chi connectivity index (χ1v) is 11.2. The Balaban J connectivity index is 1.62. The lowest BCUT2D eigenvalue weighted by Gasteiger charge is -2.14. The number of nitrogens with zero attached hydrogens (tertiary/aromatic N) is 1. The minimum absolute atomic E-state index is 0.0692. The average Bonchev–Trinajstić information content (AvgIpc) is 3.24. The van der Waals surface area contributed by atoms with Crippen molar-refractivity contribution in [1.82, 2.24) is 9.99 Å². The lowest BCUT2D eigenvalue weighted by molar-refractivity contribution is -0.136. The maximum absolute atomic E-state index is 13.2. The van der Waals surface area contributed by atoms with Crippen LogP contribution >= 0.6 is 23.2 Å². The number of methoxy groups -OCH3 is 1. The molecule has 0 saturated carbocycles. The van der Waals surface area contributed by atoms with Gasteiger partial charge < -0.3 is 15.4 Å². The summed E-state index contributed by atoms with van der Waals surface area (Å²) >= 11 is 12.0. The second kappa shape index (κ2) is 10.5. The molecule has 178 valence electrons. The van der Waals surface area contributed by atoms with Crippen molar-refractivity contribution < 1.29 is 19.1 Å². The second-order valence-electron chi connectivity index (χ2n) is 7.46. The van der Waals surface area contributed by atoms with Crippen molar-refractivity contribution in [2.45, 2.75) is 6.54 Å². The SMILES string of the molecule is COc1cccc2cc(C(=O)Nc3ccc(Cl)c(Cl)c3)n(NC(=O)C(=O)NCc3ccccc3)c12. The summed E-state index contributed by atoms with van der Waals surface area (Å²) < 4.78 is 6.65. The Bertz CT molecular complexity index is 1420. The van der Waals surface area contributed by atoms with Gasteiger partial charge in [-0.15, -0.1) is 0 Å². The van der Waals surface area contributed by atoms with Crippen molar-refractivity contribution in [3.63, 3.8) is 0 Å². The summed E-state index contributed by atoms with van der Waals surface area (Å²) in [5.41, 5.74) is 4.23. The van der Waals surface area contributed by atoms with Gasteiger partial charge in [0.05, 0.1) is 17.2 Å². The predicted molar refractivity (Wildman–Crippen MR) is 136 cm³/mol. The van der Waals surface area contributed by atoms with E-state index in [1.165, 1.54) is 17.9 Å². The molecule has 35 heavy (non-hydrogen) atoms. The molecular weight excluding hydrogens is 491 g/mol. The molecule has 0 saturated heterocycles. The molecule has 3 amide bonds. The number of carbonyl (C=O) groups excluding carboxylic acids is 3. The molecule has 3 aromatic carbocycles. The van der Waals surface area contributed by atoms with E-state index in [0.29, 0.717) is 27.4 Å². The summed E-state index contributed by atoms with van der Waals surface area (Å²) in [6.07, 6.45) is 0. The number of halogens is 2. The lowest BCUT2D eigenvalue weighted by atomic mass is 10.2. The first-order chi connectivity index (χ1) is 16.9. The topological polar surface area (TPSA) is 101 Å². The van der Waals surface area contributed by atoms with Crippen LogP contribution in [0.5, 0.6) is 5.75 Å². The fraction of sp³-hybridized carbons (Fsp3) is 0.0800. The number of amides is 3. The number of nitrogens with one attached hydrogen (secondary N) is 3. The molecule has 0 unspecified atom stereocenters. The van der Waals surface area contributed by atoms with Crippen LogP contribution in [0.15, 0.2) is 72.8 Å². The molecule has 0 radical (unpaired) electrons. The van der Waals surface area contributed by atoms with E-state index in [1.54, 1.807) is 36.4 Å². The summed E-state index contributed by atoms with van der Waals surface area (Å²) in [5, 5.41) is 6.52. The van der Waals surface area contributed by atoms with Crippen molar-refractivity contribution in [3.05, 3.63) is 94.1 Å². The molecule has 3 N–H and O–H groups in total. The van der Waals surface area contributed by atoms with Gasteiger partial charge in [0.1, 0.15) is 17.0 Å². The monoisotopic (exact) mass is 510 g/mol. The number of anilines is 1. The highest BCUT2D eigenvalue weighted by molar-refractivity contribution is 6.42. The number of carbonyl (C=O) groups is 3. The van der Waals surface area contributed by atoms with Crippen molar-refractivity contribution in [3.8, 4) is 5.75 Å². The maximum Gasteiger partial charge on any atom is 0.328 e. The van der Waals surface area contributed by atoms with Gasteiger partial charge in [-0.2, -0.15) is 0 Å². The number of para-hydroxylation sites is 1. The second-order valence-corrected chi connectivity index (χ2v) is 8.27. The van der Waals surface area contributed by atoms with Crippen molar-refractivity contribution in [2.75, 3.05) is 17.9 Å². The Labute approximate surface area is 210 Å². The van der Waals surface area contributed by atoms with Gasteiger partial charge in [0, 0.05) is 17.6 Å². The highest BCUT2D eigenvalue weighted by atomic mass is 35.5. The molecule has 0 aliphatic heterocycles. The summed E-state index contributed by atoms with van der Waals surface area (Å²) in [4.78, 5) is 38.4. The molecule has 0 aliphatic rings. The van der Waals surface area contributed by atoms with Gasteiger partial charge in [-0.3, -0.25) is 19.8 Å². The van der Waals surface area contributed by atoms with Gasteiger partial charge in [-0.1, -0.05) is 65.7 Å². The Kier molecular flexibility index (Phi) is 7.24. The maximum atomic E-state index is 13.2. The lowest BCUT2D eigenvalue weighted by Crippen LogP contribution is -2.39. The summed E-state index contributed by atoms with van der Waals surface area (Å²) in [6, 6.07) is 20.6. The first kappa shape index (κ1) is 24.1. The molecular formula is C25H20Cl2N4O4. The van der Waals surface area contributed by atoms with Crippen molar-refractivity contribution in [1.29, 1.82) is 0 Å². The number of rotatable bonds is 6. The molecule has 0 aliphatic carbocycles. The van der Waals surface area contributed by atoms with E-state index in [0.717, 1.165) is 5.56 Å². The van der Waals surface area contributed by atoms with Crippen LogP contribution in [0.25, 0.3) is 10.9 Å². The van der Waals surface area contributed by atoms with Gasteiger partial charge in [0.25, 0.3) is 5.91 Å². The molecule has 0 atom stereocenters. The molecule has 4 aromatic rings.